The molecule has 25 heavy (non-hydrogen) atoms. The Morgan fingerprint density at radius 2 is 1.64 bits per heavy atom. The Morgan fingerprint density at radius 3 is 2.24 bits per heavy atom. The summed E-state index contributed by atoms with van der Waals surface area (Å²) in [6.07, 6.45) is 0. The number of rotatable bonds is 6. The van der Waals surface area contributed by atoms with E-state index in [2.05, 4.69) is 15.0 Å². The Bertz CT molecular complexity index is 764. The summed E-state index contributed by atoms with van der Waals surface area (Å²) in [6, 6.07) is 10.4. The van der Waals surface area contributed by atoms with Crippen molar-refractivity contribution in [3.05, 3.63) is 58.9 Å². The first kappa shape index (κ1) is 18.3. The average molecular weight is 344 g/mol. The number of H-pyrrole nitrogens is 1. The zero-order valence-electron chi connectivity index (χ0n) is 14.3. The molecule has 132 valence electrons. The van der Waals surface area contributed by atoms with E-state index in [1.165, 1.54) is 26.4 Å². The summed E-state index contributed by atoms with van der Waals surface area (Å²) in [5, 5.41) is 2.67. The van der Waals surface area contributed by atoms with Gasteiger partial charge in [0.1, 0.15) is 11.4 Å². The number of aryl methyl sites for hydroxylation is 1. The number of benzene rings is 1. The molecule has 1 aromatic heterocycles. The van der Waals surface area contributed by atoms with Crippen molar-refractivity contribution in [1.29, 1.82) is 0 Å². The number of carbonyl (C=O) groups excluding carboxylic acids is 3. The molecule has 2 N–H and O–H groups in total. The minimum atomic E-state index is -0.621. The SMILES string of the molecule is COC(=O)c1ccc(C(=O)NCC(C(=O)OC)c2ccc(C)cc2)[nH]1. The van der Waals surface area contributed by atoms with Crippen LogP contribution in [-0.4, -0.2) is 43.6 Å². The lowest BCUT2D eigenvalue weighted by Gasteiger charge is -2.16. The predicted octanol–water partition coefficient (Wildman–Crippen LogP) is 1.80. The molecule has 2 aromatic rings. The zero-order chi connectivity index (χ0) is 18.4. The van der Waals surface area contributed by atoms with Crippen molar-refractivity contribution in [3.8, 4) is 0 Å². The van der Waals surface area contributed by atoms with E-state index in [1.54, 1.807) is 0 Å². The second-order valence-electron chi connectivity index (χ2n) is 5.47. The molecule has 2 rings (SSSR count). The van der Waals surface area contributed by atoms with Crippen molar-refractivity contribution in [3.63, 3.8) is 0 Å². The van der Waals surface area contributed by atoms with Crippen molar-refractivity contribution in [1.82, 2.24) is 10.3 Å². The van der Waals surface area contributed by atoms with E-state index >= 15 is 0 Å². The fraction of sp³-hybridized carbons (Fsp3) is 0.278. The lowest BCUT2D eigenvalue weighted by Crippen LogP contribution is -2.32. The van der Waals surface area contributed by atoms with E-state index in [-0.39, 0.29) is 17.9 Å². The van der Waals surface area contributed by atoms with Crippen LogP contribution in [0.3, 0.4) is 0 Å². The van der Waals surface area contributed by atoms with E-state index in [9.17, 15) is 14.4 Å². The molecule has 0 saturated carbocycles. The summed E-state index contributed by atoms with van der Waals surface area (Å²) in [4.78, 5) is 38.3. The summed E-state index contributed by atoms with van der Waals surface area (Å²) < 4.78 is 9.40. The zero-order valence-corrected chi connectivity index (χ0v) is 14.3. The molecule has 7 nitrogen and oxygen atoms in total. The van der Waals surface area contributed by atoms with Gasteiger partial charge in [-0.2, -0.15) is 0 Å². The molecule has 0 fully saturated rings. The molecule has 1 unspecified atom stereocenters. The number of hydrogen-bond donors (Lipinski definition) is 2. The number of carbonyl (C=O) groups is 3. The minimum absolute atomic E-state index is 0.0706. The molecule has 7 heteroatoms. The Morgan fingerprint density at radius 1 is 1.00 bits per heavy atom. The van der Waals surface area contributed by atoms with Gasteiger partial charge in [0.05, 0.1) is 20.1 Å². The van der Waals surface area contributed by atoms with Crippen LogP contribution in [-0.2, 0) is 14.3 Å². The predicted molar refractivity (Wildman–Crippen MR) is 90.4 cm³/mol. The molecule has 0 saturated heterocycles. The maximum atomic E-state index is 12.2. The minimum Gasteiger partial charge on any atom is -0.468 e. The van der Waals surface area contributed by atoms with Crippen LogP contribution in [0.1, 0.15) is 38.0 Å². The highest BCUT2D eigenvalue weighted by Gasteiger charge is 2.23. The third-order valence-electron chi connectivity index (χ3n) is 3.77. The van der Waals surface area contributed by atoms with Crippen LogP contribution in [0.5, 0.6) is 0 Å². The lowest BCUT2D eigenvalue weighted by atomic mass is 9.98. The molecule has 1 amide bonds. The van der Waals surface area contributed by atoms with Gasteiger partial charge < -0.3 is 19.8 Å². The highest BCUT2D eigenvalue weighted by molar-refractivity contribution is 5.95. The summed E-state index contributed by atoms with van der Waals surface area (Å²) in [5.74, 6) is -2.06. The van der Waals surface area contributed by atoms with Gasteiger partial charge in [0.15, 0.2) is 0 Å². The van der Waals surface area contributed by atoms with E-state index in [1.807, 2.05) is 31.2 Å². The monoisotopic (exact) mass is 344 g/mol. The van der Waals surface area contributed by atoms with Crippen molar-refractivity contribution in [2.75, 3.05) is 20.8 Å². The number of aromatic amines is 1. The molecule has 0 aliphatic heterocycles. The van der Waals surface area contributed by atoms with E-state index in [0.717, 1.165) is 11.1 Å². The van der Waals surface area contributed by atoms with E-state index in [0.29, 0.717) is 0 Å². The van der Waals surface area contributed by atoms with Crippen LogP contribution in [0.4, 0.5) is 0 Å². The van der Waals surface area contributed by atoms with Crippen LogP contribution >= 0.6 is 0 Å². The number of aromatic nitrogens is 1. The summed E-state index contributed by atoms with van der Waals surface area (Å²) in [5.41, 5.74) is 2.20. The van der Waals surface area contributed by atoms with Crippen molar-refractivity contribution < 1.29 is 23.9 Å². The van der Waals surface area contributed by atoms with Crippen molar-refractivity contribution >= 4 is 17.8 Å². The Hall–Kier alpha value is -3.09. The van der Waals surface area contributed by atoms with Crippen LogP contribution in [0, 0.1) is 6.92 Å². The summed E-state index contributed by atoms with van der Waals surface area (Å²) in [7, 11) is 2.56. The van der Waals surface area contributed by atoms with Gasteiger partial charge in [-0.3, -0.25) is 9.59 Å². The van der Waals surface area contributed by atoms with Gasteiger partial charge in [-0.1, -0.05) is 29.8 Å². The standard InChI is InChI=1S/C18H20N2O5/c1-11-4-6-12(7-5-11)13(17(22)24-2)10-19-16(21)14-8-9-15(20-14)18(23)25-3/h4-9,13,20H,10H2,1-3H3,(H,19,21). The topological polar surface area (TPSA) is 97.5 Å². The Kier molecular flexibility index (Phi) is 5.94. The molecular formula is C18H20N2O5. The normalized spacial score (nSPS) is 11.5. The number of nitrogens with one attached hydrogen (secondary N) is 2. The van der Waals surface area contributed by atoms with E-state index in [4.69, 9.17) is 4.74 Å². The summed E-state index contributed by atoms with van der Waals surface area (Å²) in [6.45, 7) is 2.02. The Balaban J connectivity index is 2.08. The first-order valence-corrected chi connectivity index (χ1v) is 7.66. The quantitative estimate of drug-likeness (QED) is 0.779. The number of hydrogen-bond acceptors (Lipinski definition) is 5. The fourth-order valence-corrected chi connectivity index (χ4v) is 2.32. The van der Waals surface area contributed by atoms with Crippen LogP contribution in [0.25, 0.3) is 0 Å². The molecule has 0 aliphatic rings. The van der Waals surface area contributed by atoms with E-state index < -0.39 is 23.8 Å². The third kappa shape index (κ3) is 4.47. The lowest BCUT2D eigenvalue weighted by molar-refractivity contribution is -0.142. The van der Waals surface area contributed by atoms with Gasteiger partial charge in [-0.05, 0) is 24.6 Å². The van der Waals surface area contributed by atoms with Gasteiger partial charge in [0, 0.05) is 6.54 Å². The third-order valence-corrected chi connectivity index (χ3v) is 3.77. The highest BCUT2D eigenvalue weighted by atomic mass is 16.5. The number of ether oxygens (including phenoxy) is 2. The largest absolute Gasteiger partial charge is 0.468 e. The number of amides is 1. The molecule has 0 spiro atoms. The van der Waals surface area contributed by atoms with Gasteiger partial charge in [0.2, 0.25) is 0 Å². The van der Waals surface area contributed by atoms with Crippen LogP contribution in [0.2, 0.25) is 0 Å². The Labute approximate surface area is 145 Å². The molecule has 1 heterocycles. The molecule has 0 radical (unpaired) electrons. The second kappa shape index (κ2) is 8.14. The number of methoxy groups -OCH3 is 2. The van der Waals surface area contributed by atoms with Crippen LogP contribution < -0.4 is 5.32 Å². The highest BCUT2D eigenvalue weighted by Crippen LogP contribution is 2.17. The molecule has 0 bridgehead atoms. The molecular weight excluding hydrogens is 324 g/mol. The molecule has 1 atom stereocenters. The maximum absolute atomic E-state index is 12.2. The second-order valence-corrected chi connectivity index (χ2v) is 5.47. The van der Waals surface area contributed by atoms with Gasteiger partial charge in [0.25, 0.3) is 5.91 Å². The van der Waals surface area contributed by atoms with Gasteiger partial charge >= 0.3 is 11.9 Å². The van der Waals surface area contributed by atoms with Crippen molar-refractivity contribution in [2.24, 2.45) is 0 Å². The maximum Gasteiger partial charge on any atom is 0.354 e. The molecule has 0 aliphatic carbocycles. The van der Waals surface area contributed by atoms with Gasteiger partial charge in [-0.25, -0.2) is 4.79 Å². The summed E-state index contributed by atoms with van der Waals surface area (Å²) >= 11 is 0. The number of esters is 2. The average Bonchev–Trinajstić information content (AvgIpc) is 3.12. The van der Waals surface area contributed by atoms with Crippen molar-refractivity contribution in [2.45, 2.75) is 12.8 Å². The van der Waals surface area contributed by atoms with Gasteiger partial charge in [-0.15, -0.1) is 0 Å². The first-order chi connectivity index (χ1) is 12.0. The molecule has 1 aromatic carbocycles. The van der Waals surface area contributed by atoms with Crippen LogP contribution in [0.15, 0.2) is 36.4 Å². The first-order valence-electron chi connectivity index (χ1n) is 7.66. The smallest absolute Gasteiger partial charge is 0.354 e. The fourth-order valence-electron chi connectivity index (χ4n) is 2.32.